The predicted molar refractivity (Wildman–Crippen MR) is 142 cm³/mol. The number of hydrogen-bond acceptors (Lipinski definition) is 5. The summed E-state index contributed by atoms with van der Waals surface area (Å²) in [6.07, 6.45) is 4.28. The van der Waals surface area contributed by atoms with Gasteiger partial charge in [0, 0.05) is 47.8 Å². The van der Waals surface area contributed by atoms with Crippen LogP contribution in [0.3, 0.4) is 0 Å². The molecule has 192 valence electrons. The van der Waals surface area contributed by atoms with Gasteiger partial charge in [0.1, 0.15) is 11.6 Å². The van der Waals surface area contributed by atoms with Crippen LogP contribution in [0.2, 0.25) is 0 Å². The number of ether oxygens (including phenoxy) is 1. The maximum atomic E-state index is 13.8. The van der Waals surface area contributed by atoms with E-state index in [0.29, 0.717) is 23.1 Å². The Labute approximate surface area is 223 Å². The van der Waals surface area contributed by atoms with E-state index in [9.17, 15) is 18.8 Å². The minimum absolute atomic E-state index is 0.0893. The zero-order valence-electron chi connectivity index (χ0n) is 20.6. The molecule has 2 aromatic rings. The highest BCUT2D eigenvalue weighted by atomic mass is 79.9. The molecule has 0 saturated heterocycles. The molecule has 0 atom stereocenters. The van der Waals surface area contributed by atoms with E-state index < -0.39 is 17.6 Å². The molecule has 0 saturated carbocycles. The van der Waals surface area contributed by atoms with E-state index in [1.807, 2.05) is 12.1 Å². The van der Waals surface area contributed by atoms with Gasteiger partial charge in [0.25, 0.3) is 5.91 Å². The summed E-state index contributed by atoms with van der Waals surface area (Å²) < 4.78 is 20.1. The van der Waals surface area contributed by atoms with Gasteiger partial charge in [0.15, 0.2) is 18.2 Å². The number of Topliss-reactive ketones (excluding diaryl/α,β-unsaturated/α-hetero) is 2. The van der Waals surface area contributed by atoms with Gasteiger partial charge in [0.2, 0.25) is 0 Å². The van der Waals surface area contributed by atoms with Crippen LogP contribution in [-0.2, 0) is 14.4 Å². The van der Waals surface area contributed by atoms with Gasteiger partial charge in [-0.25, -0.2) is 4.39 Å². The zero-order chi connectivity index (χ0) is 26.1. The first-order chi connectivity index (χ1) is 17.9. The first-order valence-corrected chi connectivity index (χ1v) is 13.4. The minimum atomic E-state index is -0.521. The number of anilines is 1. The molecule has 2 aromatic carbocycles. The van der Waals surface area contributed by atoms with Crippen molar-refractivity contribution in [3.05, 3.63) is 80.9 Å². The second kappa shape index (κ2) is 10.6. The molecule has 5 rings (SSSR count). The second-order valence-corrected chi connectivity index (χ2v) is 10.3. The Kier molecular flexibility index (Phi) is 7.29. The number of para-hydroxylation sites is 1. The molecule has 1 N–H and O–H groups in total. The summed E-state index contributed by atoms with van der Waals surface area (Å²) in [5, 5.41) is 2.50. The normalized spacial score (nSPS) is 18.1. The Balaban J connectivity index is 1.43. The topological polar surface area (TPSA) is 75.7 Å². The number of nitrogens with one attached hydrogen (secondary N) is 1. The standard InChI is InChI=1S/C29H28BrFN2O4/c1-2-33-21-9-5-11-23(34)28(21)27(29-22(33)10-6-12-24(29)35)17-13-14-25(18(30)15-17)37-16-26(36)32-20-8-4-3-7-19(20)31/h3-4,7-8,13-15,27H,2,5-6,9-12,16H2,1H3,(H,32,36). The summed E-state index contributed by atoms with van der Waals surface area (Å²) in [5.41, 5.74) is 4.53. The average Bonchev–Trinajstić information content (AvgIpc) is 2.88. The van der Waals surface area contributed by atoms with Crippen molar-refractivity contribution >= 4 is 39.1 Å². The molecular weight excluding hydrogens is 539 g/mol. The first-order valence-electron chi connectivity index (χ1n) is 12.7. The number of halogens is 2. The van der Waals surface area contributed by atoms with Gasteiger partial charge in [-0.1, -0.05) is 18.2 Å². The molecule has 0 spiro atoms. The SMILES string of the molecule is CCN1C2=C(C(=O)CCC2)C(c2ccc(OCC(=O)Nc3ccccc3F)c(Br)c2)C2=C1CCCC2=O. The number of hydrogen-bond donors (Lipinski definition) is 1. The van der Waals surface area contributed by atoms with Crippen LogP contribution in [0.25, 0.3) is 0 Å². The molecule has 6 nitrogen and oxygen atoms in total. The van der Waals surface area contributed by atoms with Crippen molar-refractivity contribution in [3.63, 3.8) is 0 Å². The van der Waals surface area contributed by atoms with Gasteiger partial charge in [0.05, 0.1) is 10.2 Å². The maximum absolute atomic E-state index is 13.8. The third-order valence-corrected chi connectivity index (χ3v) is 7.82. The molecule has 2 aliphatic carbocycles. The van der Waals surface area contributed by atoms with E-state index in [0.717, 1.165) is 60.3 Å². The lowest BCUT2D eigenvalue weighted by Gasteiger charge is -2.43. The Morgan fingerprint density at radius 3 is 2.27 bits per heavy atom. The van der Waals surface area contributed by atoms with Crippen LogP contribution < -0.4 is 10.1 Å². The number of carbonyl (C=O) groups is 3. The third-order valence-electron chi connectivity index (χ3n) is 7.20. The van der Waals surface area contributed by atoms with Gasteiger partial charge >= 0.3 is 0 Å². The maximum Gasteiger partial charge on any atom is 0.262 e. The fraction of sp³-hybridized carbons (Fsp3) is 0.345. The number of carbonyl (C=O) groups excluding carboxylic acids is 3. The molecular formula is C29H28BrFN2O4. The molecule has 0 unspecified atom stereocenters. The predicted octanol–water partition coefficient (Wildman–Crippen LogP) is 6.04. The lowest BCUT2D eigenvalue weighted by molar-refractivity contribution is -0.118. The Morgan fingerprint density at radius 1 is 1.03 bits per heavy atom. The number of benzene rings is 2. The molecule has 1 aliphatic heterocycles. The summed E-state index contributed by atoms with van der Waals surface area (Å²) >= 11 is 3.55. The monoisotopic (exact) mass is 566 g/mol. The third kappa shape index (κ3) is 4.87. The highest BCUT2D eigenvalue weighted by molar-refractivity contribution is 9.10. The van der Waals surface area contributed by atoms with Gasteiger partial charge < -0.3 is 15.0 Å². The highest BCUT2D eigenvalue weighted by Crippen LogP contribution is 2.49. The molecule has 1 amide bonds. The van der Waals surface area contributed by atoms with Crippen LogP contribution in [0.4, 0.5) is 10.1 Å². The van der Waals surface area contributed by atoms with Gasteiger partial charge in [-0.15, -0.1) is 0 Å². The summed E-state index contributed by atoms with van der Waals surface area (Å²) in [6, 6.07) is 11.4. The van der Waals surface area contributed by atoms with Crippen molar-refractivity contribution in [3.8, 4) is 5.75 Å². The van der Waals surface area contributed by atoms with Crippen LogP contribution in [0, 0.1) is 5.82 Å². The second-order valence-electron chi connectivity index (χ2n) is 9.46. The number of ketones is 2. The van der Waals surface area contributed by atoms with Gasteiger partial charge in [-0.3, -0.25) is 14.4 Å². The quantitative estimate of drug-likeness (QED) is 0.461. The van der Waals surface area contributed by atoms with Crippen LogP contribution in [0.15, 0.2) is 69.5 Å². The van der Waals surface area contributed by atoms with Crippen molar-refractivity contribution in [1.29, 1.82) is 0 Å². The molecule has 0 bridgehead atoms. The lowest BCUT2D eigenvalue weighted by Crippen LogP contribution is -2.39. The van der Waals surface area contributed by atoms with Crippen molar-refractivity contribution in [1.82, 2.24) is 4.90 Å². The van der Waals surface area contributed by atoms with E-state index in [1.165, 1.54) is 12.1 Å². The number of allylic oxidation sites excluding steroid dienone is 4. The van der Waals surface area contributed by atoms with Crippen molar-refractivity contribution in [2.45, 2.75) is 51.4 Å². The fourth-order valence-electron chi connectivity index (χ4n) is 5.64. The molecule has 0 aromatic heterocycles. The number of rotatable bonds is 6. The lowest BCUT2D eigenvalue weighted by atomic mass is 9.71. The molecule has 0 radical (unpaired) electrons. The van der Waals surface area contributed by atoms with E-state index in [4.69, 9.17) is 4.74 Å². The Bertz CT molecular complexity index is 1310. The van der Waals surface area contributed by atoms with Crippen molar-refractivity contribution in [2.24, 2.45) is 0 Å². The van der Waals surface area contributed by atoms with E-state index in [1.54, 1.807) is 18.2 Å². The van der Waals surface area contributed by atoms with Crippen LogP contribution in [0.5, 0.6) is 5.75 Å². The van der Waals surface area contributed by atoms with E-state index >= 15 is 0 Å². The molecule has 3 aliphatic rings. The molecule has 1 heterocycles. The first kappa shape index (κ1) is 25.4. The van der Waals surface area contributed by atoms with Crippen molar-refractivity contribution in [2.75, 3.05) is 18.5 Å². The fourth-order valence-corrected chi connectivity index (χ4v) is 6.15. The number of nitrogens with zero attached hydrogens (tertiary/aromatic N) is 1. The average molecular weight is 567 g/mol. The molecule has 0 fully saturated rings. The minimum Gasteiger partial charge on any atom is -0.483 e. The smallest absolute Gasteiger partial charge is 0.262 e. The van der Waals surface area contributed by atoms with Crippen LogP contribution in [-0.4, -0.2) is 35.5 Å². The summed E-state index contributed by atoms with van der Waals surface area (Å²) in [4.78, 5) is 41.0. The zero-order valence-corrected chi connectivity index (χ0v) is 22.2. The highest BCUT2D eigenvalue weighted by Gasteiger charge is 2.42. The van der Waals surface area contributed by atoms with Crippen LogP contribution in [0.1, 0.15) is 56.9 Å². The largest absolute Gasteiger partial charge is 0.483 e. The summed E-state index contributed by atoms with van der Waals surface area (Å²) in [7, 11) is 0. The Morgan fingerprint density at radius 2 is 1.68 bits per heavy atom. The van der Waals surface area contributed by atoms with E-state index in [2.05, 4.69) is 33.1 Å². The molecule has 37 heavy (non-hydrogen) atoms. The molecule has 8 heteroatoms. The van der Waals surface area contributed by atoms with Gasteiger partial charge in [-0.05, 0) is 78.4 Å². The van der Waals surface area contributed by atoms with Crippen molar-refractivity contribution < 1.29 is 23.5 Å². The van der Waals surface area contributed by atoms with E-state index in [-0.39, 0.29) is 23.9 Å². The van der Waals surface area contributed by atoms with Crippen LogP contribution >= 0.6 is 15.9 Å². The number of amides is 1. The summed E-state index contributed by atoms with van der Waals surface area (Å²) in [5.74, 6) is -0.757. The summed E-state index contributed by atoms with van der Waals surface area (Å²) in [6.45, 7) is 2.50. The van der Waals surface area contributed by atoms with Gasteiger partial charge in [-0.2, -0.15) is 0 Å². The Hall–Kier alpha value is -3.26.